The van der Waals surface area contributed by atoms with Crippen molar-refractivity contribution in [2.24, 2.45) is 0 Å². The first-order chi connectivity index (χ1) is 11.1. The zero-order chi connectivity index (χ0) is 16.7. The van der Waals surface area contributed by atoms with Crippen LogP contribution in [0.3, 0.4) is 0 Å². The van der Waals surface area contributed by atoms with E-state index in [0.29, 0.717) is 24.2 Å². The Morgan fingerprint density at radius 2 is 1.91 bits per heavy atom. The normalized spacial score (nSPS) is 14.7. The molecule has 122 valence electrons. The minimum absolute atomic E-state index is 0.106. The smallest absolute Gasteiger partial charge is 0.224 e. The molecule has 1 aliphatic heterocycles. The molecule has 0 aliphatic carbocycles. The van der Waals surface area contributed by atoms with Crippen molar-refractivity contribution < 1.29 is 9.59 Å². The number of carbonyl (C=O) groups is 2. The van der Waals surface area contributed by atoms with Gasteiger partial charge in [0.2, 0.25) is 11.8 Å². The quantitative estimate of drug-likeness (QED) is 0.858. The Balaban J connectivity index is 2.00. The lowest BCUT2D eigenvalue weighted by Gasteiger charge is -2.24. The Bertz CT molecular complexity index is 599. The van der Waals surface area contributed by atoms with Crippen LogP contribution < -0.4 is 4.90 Å². The maximum atomic E-state index is 12.4. The van der Waals surface area contributed by atoms with Gasteiger partial charge >= 0.3 is 0 Å². The Kier molecular flexibility index (Phi) is 6.16. The summed E-state index contributed by atoms with van der Waals surface area (Å²) in [4.78, 5) is 27.8. The third kappa shape index (κ3) is 4.82. The van der Waals surface area contributed by atoms with Crippen LogP contribution in [0.2, 0.25) is 0 Å². The predicted molar refractivity (Wildman–Crippen MR) is 88.8 cm³/mol. The van der Waals surface area contributed by atoms with Crippen LogP contribution in [0, 0.1) is 11.3 Å². The summed E-state index contributed by atoms with van der Waals surface area (Å²) in [5.74, 6) is -0.0154. The number of anilines is 1. The molecule has 23 heavy (non-hydrogen) atoms. The first-order valence-electron chi connectivity index (χ1n) is 8.18. The number of hydrogen-bond acceptors (Lipinski definition) is 3. The van der Waals surface area contributed by atoms with Crippen molar-refractivity contribution >= 4 is 17.5 Å². The van der Waals surface area contributed by atoms with Gasteiger partial charge in [0.05, 0.1) is 11.6 Å². The zero-order valence-corrected chi connectivity index (χ0v) is 13.6. The van der Waals surface area contributed by atoms with E-state index >= 15 is 0 Å². The first-order valence-corrected chi connectivity index (χ1v) is 8.18. The molecule has 0 saturated carbocycles. The SMILES string of the molecule is CC(=O)N(CCC(=O)N1CCCCCC1)c1cccc(C#N)c1. The van der Waals surface area contributed by atoms with Gasteiger partial charge < -0.3 is 9.80 Å². The van der Waals surface area contributed by atoms with Crippen molar-refractivity contribution in [1.82, 2.24) is 4.90 Å². The van der Waals surface area contributed by atoms with E-state index in [1.807, 2.05) is 4.90 Å². The van der Waals surface area contributed by atoms with Crippen LogP contribution in [0.15, 0.2) is 24.3 Å². The van der Waals surface area contributed by atoms with Crippen molar-refractivity contribution in [3.63, 3.8) is 0 Å². The summed E-state index contributed by atoms with van der Waals surface area (Å²) in [6.45, 7) is 3.47. The van der Waals surface area contributed by atoms with Crippen molar-refractivity contribution in [1.29, 1.82) is 5.26 Å². The molecule has 0 bridgehead atoms. The largest absolute Gasteiger partial charge is 0.343 e. The van der Waals surface area contributed by atoms with Crippen LogP contribution in [-0.2, 0) is 9.59 Å². The number of nitriles is 1. The Labute approximate surface area is 137 Å². The Morgan fingerprint density at radius 3 is 2.52 bits per heavy atom. The number of hydrogen-bond donors (Lipinski definition) is 0. The van der Waals surface area contributed by atoms with Crippen LogP contribution in [0.4, 0.5) is 5.69 Å². The topological polar surface area (TPSA) is 64.4 Å². The first kappa shape index (κ1) is 17.0. The fourth-order valence-corrected chi connectivity index (χ4v) is 2.90. The summed E-state index contributed by atoms with van der Waals surface area (Å²) in [5, 5.41) is 8.98. The molecule has 0 spiro atoms. The van der Waals surface area contributed by atoms with Gasteiger partial charge in [-0.2, -0.15) is 5.26 Å². The van der Waals surface area contributed by atoms with E-state index in [4.69, 9.17) is 5.26 Å². The molecule has 1 aromatic rings. The molecule has 1 aromatic carbocycles. The highest BCUT2D eigenvalue weighted by Crippen LogP contribution is 2.17. The maximum absolute atomic E-state index is 12.4. The molecule has 0 unspecified atom stereocenters. The standard InChI is InChI=1S/C18H23N3O2/c1-15(22)21(17-8-6-7-16(13-17)14-19)12-9-18(23)20-10-4-2-3-5-11-20/h6-8,13H,2-5,9-12H2,1H3. The van der Waals surface area contributed by atoms with E-state index in [-0.39, 0.29) is 11.8 Å². The molecule has 2 amide bonds. The van der Waals surface area contributed by atoms with Crippen molar-refractivity contribution in [3.05, 3.63) is 29.8 Å². The van der Waals surface area contributed by atoms with Crippen molar-refractivity contribution in [2.45, 2.75) is 39.0 Å². The summed E-state index contributed by atoms with van der Waals surface area (Å²) < 4.78 is 0. The summed E-state index contributed by atoms with van der Waals surface area (Å²) in [6, 6.07) is 8.99. The Hall–Kier alpha value is -2.35. The molecular formula is C18H23N3O2. The average Bonchev–Trinajstić information content (AvgIpc) is 2.84. The highest BCUT2D eigenvalue weighted by Gasteiger charge is 2.18. The van der Waals surface area contributed by atoms with Gasteiger partial charge in [0.25, 0.3) is 0 Å². The zero-order valence-electron chi connectivity index (χ0n) is 13.6. The molecule has 1 aliphatic rings. The monoisotopic (exact) mass is 313 g/mol. The number of likely N-dealkylation sites (tertiary alicyclic amines) is 1. The van der Waals surface area contributed by atoms with Gasteiger partial charge in [0, 0.05) is 38.7 Å². The van der Waals surface area contributed by atoms with Crippen LogP contribution in [0.1, 0.15) is 44.6 Å². The van der Waals surface area contributed by atoms with Gasteiger partial charge in [0.15, 0.2) is 0 Å². The lowest BCUT2D eigenvalue weighted by atomic mass is 10.2. The minimum atomic E-state index is -0.122. The van der Waals surface area contributed by atoms with Crippen molar-refractivity contribution in [2.75, 3.05) is 24.5 Å². The predicted octanol–water partition coefficient (Wildman–Crippen LogP) is 2.70. The lowest BCUT2D eigenvalue weighted by Crippen LogP contribution is -2.36. The molecule has 0 aromatic heterocycles. The van der Waals surface area contributed by atoms with Gasteiger partial charge in [-0.05, 0) is 31.0 Å². The van der Waals surface area contributed by atoms with Gasteiger partial charge in [-0.3, -0.25) is 9.59 Å². The van der Waals surface area contributed by atoms with E-state index in [0.717, 1.165) is 25.9 Å². The molecule has 0 atom stereocenters. The molecule has 5 heteroatoms. The molecular weight excluding hydrogens is 290 g/mol. The van der Waals surface area contributed by atoms with Gasteiger partial charge in [0.1, 0.15) is 0 Å². The van der Waals surface area contributed by atoms with E-state index in [2.05, 4.69) is 6.07 Å². The summed E-state index contributed by atoms with van der Waals surface area (Å²) in [6.07, 6.45) is 4.81. The highest BCUT2D eigenvalue weighted by molar-refractivity contribution is 5.92. The molecule has 2 rings (SSSR count). The third-order valence-corrected chi connectivity index (χ3v) is 4.18. The van der Waals surface area contributed by atoms with Crippen LogP contribution in [0.5, 0.6) is 0 Å². The molecule has 1 saturated heterocycles. The fourth-order valence-electron chi connectivity index (χ4n) is 2.90. The molecule has 0 N–H and O–H groups in total. The van der Waals surface area contributed by atoms with E-state index in [1.165, 1.54) is 19.8 Å². The number of rotatable bonds is 4. The van der Waals surface area contributed by atoms with Gasteiger partial charge in [-0.25, -0.2) is 0 Å². The summed E-state index contributed by atoms with van der Waals surface area (Å²) >= 11 is 0. The van der Waals surface area contributed by atoms with Crippen LogP contribution in [0.25, 0.3) is 0 Å². The van der Waals surface area contributed by atoms with Crippen LogP contribution >= 0.6 is 0 Å². The summed E-state index contributed by atoms with van der Waals surface area (Å²) in [7, 11) is 0. The maximum Gasteiger partial charge on any atom is 0.224 e. The van der Waals surface area contributed by atoms with Crippen LogP contribution in [-0.4, -0.2) is 36.3 Å². The average molecular weight is 313 g/mol. The second-order valence-corrected chi connectivity index (χ2v) is 5.88. The molecule has 0 radical (unpaired) electrons. The highest BCUT2D eigenvalue weighted by atomic mass is 16.2. The van der Waals surface area contributed by atoms with E-state index < -0.39 is 0 Å². The van der Waals surface area contributed by atoms with Crippen molar-refractivity contribution in [3.8, 4) is 6.07 Å². The molecule has 5 nitrogen and oxygen atoms in total. The number of benzene rings is 1. The summed E-state index contributed by atoms with van der Waals surface area (Å²) in [5.41, 5.74) is 1.17. The molecule has 1 heterocycles. The molecule has 1 fully saturated rings. The fraction of sp³-hybridized carbons (Fsp3) is 0.500. The number of carbonyl (C=O) groups excluding carboxylic acids is 2. The van der Waals surface area contributed by atoms with E-state index in [1.54, 1.807) is 29.2 Å². The Morgan fingerprint density at radius 1 is 1.22 bits per heavy atom. The third-order valence-electron chi connectivity index (χ3n) is 4.18. The lowest BCUT2D eigenvalue weighted by molar-refractivity contribution is -0.131. The van der Waals surface area contributed by atoms with Gasteiger partial charge in [-0.15, -0.1) is 0 Å². The number of nitrogens with zero attached hydrogens (tertiary/aromatic N) is 3. The second-order valence-electron chi connectivity index (χ2n) is 5.88. The number of amides is 2. The second kappa shape index (κ2) is 8.33. The minimum Gasteiger partial charge on any atom is -0.343 e. The van der Waals surface area contributed by atoms with E-state index in [9.17, 15) is 9.59 Å². The van der Waals surface area contributed by atoms with Gasteiger partial charge in [-0.1, -0.05) is 18.9 Å².